The lowest BCUT2D eigenvalue weighted by Gasteiger charge is -2.18. The zero-order chi connectivity index (χ0) is 13.0. The van der Waals surface area contributed by atoms with Gasteiger partial charge in [0, 0.05) is 18.0 Å². The molecule has 1 aromatic rings. The minimum Gasteiger partial charge on any atom is -0.298 e. The highest BCUT2D eigenvalue weighted by molar-refractivity contribution is 5.83. The summed E-state index contributed by atoms with van der Waals surface area (Å²) in [6.07, 6.45) is 4.42. The normalized spacial score (nSPS) is 16.4. The van der Waals surface area contributed by atoms with E-state index in [-0.39, 0.29) is 11.7 Å². The van der Waals surface area contributed by atoms with Crippen LogP contribution in [0.1, 0.15) is 31.2 Å². The molecule has 2 rings (SSSR count). The van der Waals surface area contributed by atoms with E-state index in [1.54, 1.807) is 12.1 Å². The second kappa shape index (κ2) is 6.10. The highest BCUT2D eigenvalue weighted by atomic mass is 19.1. The Kier molecular flexibility index (Phi) is 4.48. The molecule has 98 valence electrons. The second-order valence-corrected chi connectivity index (χ2v) is 5.21. The molecule has 0 spiro atoms. The molecule has 0 atom stereocenters. The zero-order valence-electron chi connectivity index (χ0n) is 10.9. The second-order valence-electron chi connectivity index (χ2n) is 5.21. The van der Waals surface area contributed by atoms with E-state index in [9.17, 15) is 9.18 Å². The smallest absolute Gasteiger partial charge is 0.149 e. The van der Waals surface area contributed by atoms with Gasteiger partial charge in [0.15, 0.2) is 0 Å². The topological polar surface area (TPSA) is 20.3 Å². The lowest BCUT2D eigenvalue weighted by atomic mass is 10.0. The average molecular weight is 249 g/mol. The highest BCUT2D eigenvalue weighted by Gasteiger charge is 2.23. The van der Waals surface area contributed by atoms with Crippen LogP contribution in [-0.2, 0) is 11.3 Å². The van der Waals surface area contributed by atoms with Crippen LogP contribution in [0.25, 0.3) is 0 Å². The molecule has 18 heavy (non-hydrogen) atoms. The van der Waals surface area contributed by atoms with Crippen molar-refractivity contribution in [2.24, 2.45) is 5.92 Å². The summed E-state index contributed by atoms with van der Waals surface area (Å²) in [6, 6.07) is 6.74. The third-order valence-corrected chi connectivity index (χ3v) is 3.63. The molecule has 0 radical (unpaired) electrons. The van der Waals surface area contributed by atoms with E-state index in [1.807, 2.05) is 18.0 Å². The molecule has 0 bridgehead atoms. The first kappa shape index (κ1) is 13.2. The number of nitrogens with zero attached hydrogens (tertiary/aromatic N) is 1. The Morgan fingerprint density at radius 3 is 2.67 bits per heavy atom. The largest absolute Gasteiger partial charge is 0.298 e. The van der Waals surface area contributed by atoms with Gasteiger partial charge >= 0.3 is 0 Å². The molecule has 0 N–H and O–H groups in total. The van der Waals surface area contributed by atoms with Gasteiger partial charge in [0.1, 0.15) is 11.6 Å². The number of likely N-dealkylation sites (N-methyl/N-ethyl adjacent to an activating group) is 1. The van der Waals surface area contributed by atoms with Crippen molar-refractivity contribution in [2.75, 3.05) is 13.6 Å². The molecule has 0 aromatic heterocycles. The van der Waals surface area contributed by atoms with Gasteiger partial charge in [-0.25, -0.2) is 4.39 Å². The molecule has 1 fully saturated rings. The molecule has 0 amide bonds. The molecule has 1 saturated carbocycles. The summed E-state index contributed by atoms with van der Waals surface area (Å²) in [6.45, 7) is 0.921. The summed E-state index contributed by atoms with van der Waals surface area (Å²) in [5, 5.41) is 0. The highest BCUT2D eigenvalue weighted by Crippen LogP contribution is 2.25. The molecule has 1 aliphatic rings. The van der Waals surface area contributed by atoms with Crippen molar-refractivity contribution in [3.05, 3.63) is 35.6 Å². The Morgan fingerprint density at radius 1 is 1.33 bits per heavy atom. The van der Waals surface area contributed by atoms with Crippen molar-refractivity contribution in [1.29, 1.82) is 0 Å². The molecule has 0 saturated heterocycles. The van der Waals surface area contributed by atoms with Gasteiger partial charge in [0.05, 0.1) is 6.54 Å². The van der Waals surface area contributed by atoms with Crippen LogP contribution >= 0.6 is 0 Å². The molecule has 1 aliphatic carbocycles. The monoisotopic (exact) mass is 249 g/mol. The fourth-order valence-electron chi connectivity index (χ4n) is 2.62. The van der Waals surface area contributed by atoms with Crippen LogP contribution in [0, 0.1) is 11.7 Å². The van der Waals surface area contributed by atoms with E-state index in [2.05, 4.69) is 0 Å². The van der Waals surface area contributed by atoms with E-state index >= 15 is 0 Å². The maximum absolute atomic E-state index is 13.5. The van der Waals surface area contributed by atoms with Gasteiger partial charge in [0.25, 0.3) is 0 Å². The fourth-order valence-corrected chi connectivity index (χ4v) is 2.62. The number of halogens is 1. The lowest BCUT2D eigenvalue weighted by molar-refractivity contribution is -0.123. The maximum Gasteiger partial charge on any atom is 0.149 e. The van der Waals surface area contributed by atoms with Gasteiger partial charge in [-0.3, -0.25) is 9.69 Å². The third kappa shape index (κ3) is 3.39. The summed E-state index contributed by atoms with van der Waals surface area (Å²) in [5.41, 5.74) is 0.652. The van der Waals surface area contributed by atoms with Gasteiger partial charge in [-0.15, -0.1) is 0 Å². The first-order valence-corrected chi connectivity index (χ1v) is 6.61. The van der Waals surface area contributed by atoms with E-state index in [1.165, 1.54) is 18.9 Å². The van der Waals surface area contributed by atoms with Gasteiger partial charge in [0.2, 0.25) is 0 Å². The quantitative estimate of drug-likeness (QED) is 0.799. The summed E-state index contributed by atoms with van der Waals surface area (Å²) in [7, 11) is 1.87. The number of carbonyl (C=O) groups is 1. The van der Waals surface area contributed by atoms with E-state index in [0.717, 1.165) is 12.8 Å². The Balaban J connectivity index is 1.86. The number of rotatable bonds is 5. The minimum absolute atomic E-state index is 0.197. The number of ketones is 1. The van der Waals surface area contributed by atoms with Crippen LogP contribution < -0.4 is 0 Å². The van der Waals surface area contributed by atoms with Crippen LogP contribution in [0.4, 0.5) is 4.39 Å². The predicted molar refractivity (Wildman–Crippen MR) is 69.7 cm³/mol. The van der Waals surface area contributed by atoms with Crippen LogP contribution in [-0.4, -0.2) is 24.3 Å². The molecule has 3 heteroatoms. The van der Waals surface area contributed by atoms with Gasteiger partial charge in [-0.2, -0.15) is 0 Å². The van der Waals surface area contributed by atoms with E-state index < -0.39 is 0 Å². The van der Waals surface area contributed by atoms with Crippen LogP contribution in [0.2, 0.25) is 0 Å². The van der Waals surface area contributed by atoms with Crippen LogP contribution in [0.5, 0.6) is 0 Å². The van der Waals surface area contributed by atoms with Crippen LogP contribution in [0.3, 0.4) is 0 Å². The van der Waals surface area contributed by atoms with Crippen molar-refractivity contribution in [3.8, 4) is 0 Å². The Labute approximate surface area is 108 Å². The summed E-state index contributed by atoms with van der Waals surface area (Å²) >= 11 is 0. The number of carbonyl (C=O) groups excluding carboxylic acids is 1. The molecule has 0 unspecified atom stereocenters. The van der Waals surface area contributed by atoms with Crippen LogP contribution in [0.15, 0.2) is 24.3 Å². The number of Topliss-reactive ketones (excluding diaryl/α,β-unsaturated/α-hetero) is 1. The summed E-state index contributed by atoms with van der Waals surface area (Å²) in [4.78, 5) is 13.9. The van der Waals surface area contributed by atoms with E-state index in [4.69, 9.17) is 0 Å². The minimum atomic E-state index is -0.197. The molecule has 0 heterocycles. The van der Waals surface area contributed by atoms with Gasteiger partial charge in [-0.05, 0) is 26.0 Å². The van der Waals surface area contributed by atoms with Crippen molar-refractivity contribution >= 4 is 5.78 Å². The molecular formula is C15H20FNO. The van der Waals surface area contributed by atoms with Gasteiger partial charge in [-0.1, -0.05) is 31.0 Å². The summed E-state index contributed by atoms with van der Waals surface area (Å²) < 4.78 is 13.5. The molecule has 2 nitrogen and oxygen atoms in total. The first-order valence-electron chi connectivity index (χ1n) is 6.61. The van der Waals surface area contributed by atoms with Gasteiger partial charge < -0.3 is 0 Å². The number of hydrogen-bond acceptors (Lipinski definition) is 2. The molecule has 1 aromatic carbocycles. The third-order valence-electron chi connectivity index (χ3n) is 3.63. The first-order chi connectivity index (χ1) is 8.66. The van der Waals surface area contributed by atoms with E-state index in [0.29, 0.717) is 24.4 Å². The lowest BCUT2D eigenvalue weighted by Crippen LogP contribution is -2.29. The SMILES string of the molecule is CN(CC(=O)C1CCCC1)Cc1ccccc1F. The molecule has 0 aliphatic heterocycles. The maximum atomic E-state index is 13.5. The standard InChI is InChI=1S/C15H20FNO/c1-17(10-13-8-4-5-9-14(13)16)11-15(18)12-6-2-3-7-12/h4-5,8-9,12H,2-3,6-7,10-11H2,1H3. The Hall–Kier alpha value is -1.22. The van der Waals surface area contributed by atoms with Crippen molar-refractivity contribution in [1.82, 2.24) is 4.90 Å². The predicted octanol–water partition coefficient (Wildman–Crippen LogP) is 3.02. The van der Waals surface area contributed by atoms with Crippen molar-refractivity contribution in [3.63, 3.8) is 0 Å². The molecular weight excluding hydrogens is 229 g/mol. The summed E-state index contributed by atoms with van der Waals surface area (Å²) in [5.74, 6) is 0.358. The van der Waals surface area contributed by atoms with Crippen molar-refractivity contribution < 1.29 is 9.18 Å². The number of benzene rings is 1. The average Bonchev–Trinajstić information content (AvgIpc) is 2.85. The number of hydrogen-bond donors (Lipinski definition) is 0. The Morgan fingerprint density at radius 2 is 2.00 bits per heavy atom. The Bertz CT molecular complexity index is 413. The fraction of sp³-hybridized carbons (Fsp3) is 0.533. The zero-order valence-corrected chi connectivity index (χ0v) is 10.9. The van der Waals surface area contributed by atoms with Crippen molar-refractivity contribution in [2.45, 2.75) is 32.2 Å².